The maximum atomic E-state index is 14.2. The molecule has 0 aliphatic heterocycles. The van der Waals surface area contributed by atoms with Crippen molar-refractivity contribution in [1.29, 1.82) is 0 Å². The monoisotopic (exact) mass is 514 g/mol. The molecule has 188 valence electrons. The van der Waals surface area contributed by atoms with E-state index in [-0.39, 0.29) is 24.2 Å². The van der Waals surface area contributed by atoms with Gasteiger partial charge >= 0.3 is 0 Å². The van der Waals surface area contributed by atoms with Crippen molar-refractivity contribution in [2.24, 2.45) is 0 Å². The molecule has 0 bridgehead atoms. The van der Waals surface area contributed by atoms with Gasteiger partial charge in [-0.2, -0.15) is 5.10 Å². The van der Waals surface area contributed by atoms with Crippen LogP contribution in [0, 0.1) is 12.7 Å². The van der Waals surface area contributed by atoms with E-state index in [2.05, 4.69) is 26.6 Å². The van der Waals surface area contributed by atoms with Gasteiger partial charge in [0.05, 0.1) is 32.0 Å². The summed E-state index contributed by atoms with van der Waals surface area (Å²) in [5.74, 6) is -0.501. The largest absolute Gasteiger partial charge is 0.389 e. The maximum Gasteiger partial charge on any atom is 0.251 e. The number of carbonyl (C=O) groups excluding carboxylic acids is 1. The van der Waals surface area contributed by atoms with Crippen molar-refractivity contribution in [2.75, 3.05) is 0 Å². The topological polar surface area (TPSA) is 90.9 Å². The van der Waals surface area contributed by atoms with Crippen LogP contribution >= 0.6 is 11.3 Å². The molecule has 5 aromatic rings. The first kappa shape index (κ1) is 23.8. The van der Waals surface area contributed by atoms with Crippen molar-refractivity contribution in [2.45, 2.75) is 50.7 Å². The Morgan fingerprint density at radius 2 is 2.08 bits per heavy atom. The number of carbonyl (C=O) groups is 1. The van der Waals surface area contributed by atoms with E-state index in [4.69, 9.17) is 0 Å². The van der Waals surface area contributed by atoms with Gasteiger partial charge in [-0.3, -0.25) is 9.89 Å². The van der Waals surface area contributed by atoms with Crippen molar-refractivity contribution in [1.82, 2.24) is 20.5 Å². The number of benzene rings is 3. The van der Waals surface area contributed by atoms with Crippen molar-refractivity contribution in [3.05, 3.63) is 82.6 Å². The predicted molar refractivity (Wildman–Crippen MR) is 144 cm³/mol. The lowest BCUT2D eigenvalue weighted by Crippen LogP contribution is -2.46. The van der Waals surface area contributed by atoms with Crippen LogP contribution in [0.3, 0.4) is 0 Å². The zero-order valence-electron chi connectivity index (χ0n) is 20.4. The molecule has 1 saturated carbocycles. The summed E-state index contributed by atoms with van der Waals surface area (Å²) in [6.07, 6.45) is 2.75. The Morgan fingerprint density at radius 1 is 1.22 bits per heavy atom. The minimum absolute atomic E-state index is 0.186. The van der Waals surface area contributed by atoms with Crippen molar-refractivity contribution in [3.63, 3.8) is 0 Å². The van der Waals surface area contributed by atoms with E-state index in [1.165, 1.54) is 6.07 Å². The van der Waals surface area contributed by atoms with Gasteiger partial charge in [0.2, 0.25) is 0 Å². The number of thiazole rings is 1. The summed E-state index contributed by atoms with van der Waals surface area (Å²) in [4.78, 5) is 17.8. The molecule has 37 heavy (non-hydrogen) atoms. The number of H-pyrrole nitrogens is 1. The first-order valence-corrected chi connectivity index (χ1v) is 13.3. The van der Waals surface area contributed by atoms with Crippen LogP contribution < -0.4 is 5.32 Å². The SMILES string of the molecule is Cc1nc2ccc(-c3n[nH]c4ccc(C(=O)N[C@@H]5CCC[C@](O)(Cc6ccccc6F)C5)cc34)cc2s1. The third-order valence-electron chi connectivity index (χ3n) is 7.23. The van der Waals surface area contributed by atoms with Gasteiger partial charge in [0.1, 0.15) is 5.82 Å². The Balaban J connectivity index is 1.21. The van der Waals surface area contributed by atoms with E-state index in [0.29, 0.717) is 24.0 Å². The van der Waals surface area contributed by atoms with Crippen LogP contribution in [0.4, 0.5) is 4.39 Å². The van der Waals surface area contributed by atoms with Crippen LogP contribution in [0.5, 0.6) is 0 Å². The van der Waals surface area contributed by atoms with Crippen molar-refractivity contribution >= 4 is 38.4 Å². The summed E-state index contributed by atoms with van der Waals surface area (Å²) in [6.45, 7) is 1.99. The number of nitrogens with zero attached hydrogens (tertiary/aromatic N) is 2. The van der Waals surface area contributed by atoms with Gasteiger partial charge in [-0.25, -0.2) is 9.37 Å². The normalized spacial score (nSPS) is 19.9. The summed E-state index contributed by atoms with van der Waals surface area (Å²) in [6, 6.07) is 18.0. The lowest BCUT2D eigenvalue weighted by atomic mass is 9.78. The first-order chi connectivity index (χ1) is 17.9. The Labute approximate surface area is 217 Å². The van der Waals surface area contributed by atoms with Crippen LogP contribution in [0.25, 0.3) is 32.4 Å². The van der Waals surface area contributed by atoms with E-state index in [0.717, 1.165) is 50.2 Å². The zero-order chi connectivity index (χ0) is 25.6. The summed E-state index contributed by atoms with van der Waals surface area (Å²) in [5.41, 5.74) is 3.56. The van der Waals surface area contributed by atoms with Crippen LogP contribution in [-0.4, -0.2) is 37.8 Å². The molecule has 3 N–H and O–H groups in total. The number of aromatic amines is 1. The lowest BCUT2D eigenvalue weighted by Gasteiger charge is -2.37. The van der Waals surface area contributed by atoms with Gasteiger partial charge in [0, 0.05) is 29.0 Å². The van der Waals surface area contributed by atoms with Gasteiger partial charge < -0.3 is 10.4 Å². The number of hydrogen-bond donors (Lipinski definition) is 3. The smallest absolute Gasteiger partial charge is 0.251 e. The number of hydrogen-bond acceptors (Lipinski definition) is 5. The molecule has 0 saturated heterocycles. The molecule has 0 unspecified atom stereocenters. The summed E-state index contributed by atoms with van der Waals surface area (Å²) in [5, 5.41) is 23.8. The van der Waals surface area contributed by atoms with Gasteiger partial charge in [0.15, 0.2) is 0 Å². The van der Waals surface area contributed by atoms with Crippen molar-refractivity contribution in [3.8, 4) is 11.3 Å². The molecule has 2 atom stereocenters. The molecular formula is C29H27FN4O2S. The Bertz CT molecular complexity index is 1630. The highest BCUT2D eigenvalue weighted by Crippen LogP contribution is 2.34. The molecule has 0 spiro atoms. The minimum Gasteiger partial charge on any atom is -0.389 e. The minimum atomic E-state index is -1.05. The molecular weight excluding hydrogens is 487 g/mol. The molecule has 6 nitrogen and oxygen atoms in total. The number of nitrogens with one attached hydrogen (secondary N) is 2. The Kier molecular flexibility index (Phi) is 6.01. The first-order valence-electron chi connectivity index (χ1n) is 12.5. The molecule has 8 heteroatoms. The van der Waals surface area contributed by atoms with Crippen LogP contribution in [0.15, 0.2) is 60.7 Å². The zero-order valence-corrected chi connectivity index (χ0v) is 21.2. The van der Waals surface area contributed by atoms with E-state index < -0.39 is 5.60 Å². The fraction of sp³-hybridized carbons (Fsp3) is 0.276. The Morgan fingerprint density at radius 3 is 2.95 bits per heavy atom. The maximum absolute atomic E-state index is 14.2. The van der Waals surface area contributed by atoms with Gasteiger partial charge in [-0.15, -0.1) is 11.3 Å². The third kappa shape index (κ3) is 4.74. The number of halogens is 1. The highest BCUT2D eigenvalue weighted by molar-refractivity contribution is 7.18. The second-order valence-electron chi connectivity index (χ2n) is 10.0. The average Bonchev–Trinajstić information content (AvgIpc) is 3.46. The predicted octanol–water partition coefficient (Wildman–Crippen LogP) is 5.93. The lowest BCUT2D eigenvalue weighted by molar-refractivity contribution is -0.00685. The van der Waals surface area contributed by atoms with Crippen LogP contribution in [0.1, 0.15) is 46.6 Å². The standard InChI is InChI=1S/C29H27FN4O2S/c1-17-31-25-11-8-18(14-26(25)37-17)27-22-13-19(9-10-24(22)33-34-27)28(35)32-21-6-4-12-29(36,16-21)15-20-5-2-3-7-23(20)30/h2-3,5,7-11,13-14,21,36H,4,6,12,15-16H2,1H3,(H,32,35)(H,33,34)/t21-,29+/m1/s1. The molecule has 3 aromatic carbocycles. The molecule has 1 fully saturated rings. The molecule has 1 aliphatic carbocycles. The fourth-order valence-electron chi connectivity index (χ4n) is 5.45. The number of amides is 1. The van der Waals surface area contributed by atoms with Gasteiger partial charge in [-0.1, -0.05) is 24.3 Å². The van der Waals surface area contributed by atoms with Gasteiger partial charge in [-0.05, 0) is 74.6 Å². The number of aliphatic hydroxyl groups is 1. The quantitative estimate of drug-likeness (QED) is 0.271. The third-order valence-corrected chi connectivity index (χ3v) is 8.16. The second kappa shape index (κ2) is 9.36. The van der Waals surface area contributed by atoms with Crippen molar-refractivity contribution < 1.29 is 14.3 Å². The summed E-state index contributed by atoms with van der Waals surface area (Å²) >= 11 is 1.64. The van der Waals surface area contributed by atoms with Gasteiger partial charge in [0.25, 0.3) is 5.91 Å². The number of aromatic nitrogens is 3. The van der Waals surface area contributed by atoms with E-state index in [1.807, 2.05) is 31.2 Å². The number of aryl methyl sites for hydroxylation is 1. The summed E-state index contributed by atoms with van der Waals surface area (Å²) in [7, 11) is 0. The molecule has 1 aliphatic rings. The van der Waals surface area contributed by atoms with Crippen LogP contribution in [0.2, 0.25) is 0 Å². The molecule has 0 radical (unpaired) electrons. The number of rotatable bonds is 5. The average molecular weight is 515 g/mol. The highest BCUT2D eigenvalue weighted by Gasteiger charge is 2.35. The highest BCUT2D eigenvalue weighted by atomic mass is 32.1. The molecule has 1 amide bonds. The van der Waals surface area contributed by atoms with E-state index >= 15 is 0 Å². The number of fused-ring (bicyclic) bond motifs is 2. The molecule has 2 heterocycles. The van der Waals surface area contributed by atoms with E-state index in [1.54, 1.807) is 35.6 Å². The second-order valence-corrected chi connectivity index (χ2v) is 11.2. The Hall–Kier alpha value is -3.62. The van der Waals surface area contributed by atoms with Crippen LogP contribution in [-0.2, 0) is 6.42 Å². The van der Waals surface area contributed by atoms with E-state index in [9.17, 15) is 14.3 Å². The molecule has 6 rings (SSSR count). The fourth-order valence-corrected chi connectivity index (χ4v) is 6.32. The molecule has 2 aromatic heterocycles. The summed E-state index contributed by atoms with van der Waals surface area (Å²) < 4.78 is 15.3.